The summed E-state index contributed by atoms with van der Waals surface area (Å²) < 4.78 is 5.39. The number of amides is 1. The summed E-state index contributed by atoms with van der Waals surface area (Å²) in [7, 11) is 0. The van der Waals surface area contributed by atoms with E-state index in [4.69, 9.17) is 4.74 Å². The number of hydrogen-bond acceptors (Lipinski definition) is 3. The van der Waals surface area contributed by atoms with Crippen LogP contribution in [0.2, 0.25) is 0 Å². The number of nitrogens with zero attached hydrogens (tertiary/aromatic N) is 1. The number of hydrogen-bond donors (Lipinski definition) is 1. The van der Waals surface area contributed by atoms with Gasteiger partial charge in [-0.3, -0.25) is 4.99 Å². The summed E-state index contributed by atoms with van der Waals surface area (Å²) in [5, 5.41) is 2.72. The number of allylic oxidation sites excluding steroid dienone is 1. The van der Waals surface area contributed by atoms with Gasteiger partial charge in [0.2, 0.25) is 0 Å². The molecule has 0 aliphatic heterocycles. The Morgan fingerprint density at radius 3 is 2.73 bits per heavy atom. The Balaban J connectivity index is 2.64. The number of aryl methyl sites for hydroxylation is 1. The van der Waals surface area contributed by atoms with Crippen molar-refractivity contribution in [1.82, 2.24) is 5.32 Å². The first-order valence-electron chi connectivity index (χ1n) is 7.71. The van der Waals surface area contributed by atoms with Gasteiger partial charge in [0.15, 0.2) is 0 Å². The molecule has 1 amide bonds. The standard InChI is InChI=1S/C18H26N2O2/c1-6-16(19-7-2)10-11-20-18(21)22-17-12-15(13(3)4)9-8-14(17)5/h7-10,12-13H,6,11H2,1-5H3,(H,20,21)/b16-10-,19-7?. The van der Waals surface area contributed by atoms with E-state index >= 15 is 0 Å². The van der Waals surface area contributed by atoms with Crippen molar-refractivity contribution in [3.05, 3.63) is 41.1 Å². The van der Waals surface area contributed by atoms with E-state index in [1.807, 2.05) is 39.0 Å². The topological polar surface area (TPSA) is 50.7 Å². The van der Waals surface area contributed by atoms with Crippen LogP contribution >= 0.6 is 0 Å². The molecule has 0 heterocycles. The largest absolute Gasteiger partial charge is 0.412 e. The maximum Gasteiger partial charge on any atom is 0.412 e. The lowest BCUT2D eigenvalue weighted by Crippen LogP contribution is -2.27. The molecule has 1 aromatic rings. The summed E-state index contributed by atoms with van der Waals surface area (Å²) in [6.07, 6.45) is 4.01. The van der Waals surface area contributed by atoms with Crippen LogP contribution in [0.5, 0.6) is 5.75 Å². The highest BCUT2D eigenvalue weighted by molar-refractivity contribution is 5.71. The van der Waals surface area contributed by atoms with Crippen molar-refractivity contribution < 1.29 is 9.53 Å². The van der Waals surface area contributed by atoms with E-state index in [9.17, 15) is 4.79 Å². The molecule has 4 nitrogen and oxygen atoms in total. The molecule has 120 valence electrons. The lowest BCUT2D eigenvalue weighted by molar-refractivity contribution is 0.201. The summed E-state index contributed by atoms with van der Waals surface area (Å²) in [6.45, 7) is 10.5. The van der Waals surface area contributed by atoms with Gasteiger partial charge in [0.25, 0.3) is 0 Å². The molecule has 1 rings (SSSR count). The monoisotopic (exact) mass is 302 g/mol. The van der Waals surface area contributed by atoms with Crippen LogP contribution < -0.4 is 10.1 Å². The number of nitrogens with one attached hydrogen (secondary N) is 1. The van der Waals surface area contributed by atoms with E-state index in [-0.39, 0.29) is 0 Å². The van der Waals surface area contributed by atoms with Gasteiger partial charge in [-0.1, -0.05) is 32.9 Å². The van der Waals surface area contributed by atoms with Crippen molar-refractivity contribution in [1.29, 1.82) is 0 Å². The molecular formula is C18H26N2O2. The number of carbonyl (C=O) groups excluding carboxylic acids is 1. The van der Waals surface area contributed by atoms with Crippen LogP contribution in [0.3, 0.4) is 0 Å². The molecule has 4 heteroatoms. The second kappa shape index (κ2) is 9.03. The SMILES string of the molecule is CC=N/C(=C\CNC(=O)Oc1cc(C(C)C)ccc1C)CC. The smallest absolute Gasteiger partial charge is 0.410 e. The van der Waals surface area contributed by atoms with Crippen LogP contribution in [-0.4, -0.2) is 18.9 Å². The Hall–Kier alpha value is -2.10. The lowest BCUT2D eigenvalue weighted by atomic mass is 10.0. The van der Waals surface area contributed by atoms with Gasteiger partial charge in [0.05, 0.1) is 0 Å². The quantitative estimate of drug-likeness (QED) is 0.781. The van der Waals surface area contributed by atoms with Crippen LogP contribution in [0.1, 0.15) is 51.2 Å². The van der Waals surface area contributed by atoms with Gasteiger partial charge in [-0.15, -0.1) is 0 Å². The third-order valence-corrected chi connectivity index (χ3v) is 3.32. The van der Waals surface area contributed by atoms with E-state index in [1.165, 1.54) is 0 Å². The molecule has 22 heavy (non-hydrogen) atoms. The minimum atomic E-state index is -0.448. The van der Waals surface area contributed by atoms with Gasteiger partial charge in [0.1, 0.15) is 5.75 Å². The molecule has 1 N–H and O–H groups in total. The molecule has 0 radical (unpaired) electrons. The second-order valence-corrected chi connectivity index (χ2v) is 5.39. The normalized spacial score (nSPS) is 12.0. The highest BCUT2D eigenvalue weighted by Crippen LogP contribution is 2.24. The molecule has 0 fully saturated rings. The van der Waals surface area contributed by atoms with E-state index in [0.29, 0.717) is 18.2 Å². The van der Waals surface area contributed by atoms with Crippen molar-refractivity contribution >= 4 is 12.3 Å². The zero-order chi connectivity index (χ0) is 16.5. The van der Waals surface area contributed by atoms with Crippen molar-refractivity contribution in [2.24, 2.45) is 4.99 Å². The molecule has 0 aliphatic carbocycles. The number of carbonyl (C=O) groups is 1. The van der Waals surface area contributed by atoms with Crippen molar-refractivity contribution in [3.8, 4) is 5.75 Å². The van der Waals surface area contributed by atoms with E-state index in [2.05, 4.69) is 30.2 Å². The molecule has 0 saturated carbocycles. The number of ether oxygens (including phenoxy) is 1. The van der Waals surface area contributed by atoms with Crippen LogP contribution in [0, 0.1) is 6.92 Å². The molecule has 0 bridgehead atoms. The van der Waals surface area contributed by atoms with Gasteiger partial charge >= 0.3 is 6.09 Å². The minimum absolute atomic E-state index is 0.396. The Kier molecular flexibility index (Phi) is 7.37. The first-order valence-corrected chi connectivity index (χ1v) is 7.71. The van der Waals surface area contributed by atoms with E-state index in [0.717, 1.165) is 23.2 Å². The first-order chi connectivity index (χ1) is 10.5. The summed E-state index contributed by atoms with van der Waals surface area (Å²) in [5.41, 5.74) is 3.04. The zero-order valence-electron chi connectivity index (χ0n) is 14.1. The van der Waals surface area contributed by atoms with Gasteiger partial charge in [-0.25, -0.2) is 4.79 Å². The van der Waals surface area contributed by atoms with Crippen molar-refractivity contribution in [2.75, 3.05) is 6.54 Å². The fourth-order valence-electron chi connectivity index (χ4n) is 1.93. The fourth-order valence-corrected chi connectivity index (χ4v) is 1.93. The predicted molar refractivity (Wildman–Crippen MR) is 91.8 cm³/mol. The summed E-state index contributed by atoms with van der Waals surface area (Å²) in [6, 6.07) is 5.96. The van der Waals surface area contributed by atoms with Gasteiger partial charge in [-0.05, 0) is 49.5 Å². The Bertz CT molecular complexity index is 560. The maximum absolute atomic E-state index is 11.9. The van der Waals surface area contributed by atoms with Crippen LogP contribution in [0.25, 0.3) is 0 Å². The minimum Gasteiger partial charge on any atom is -0.410 e. The second-order valence-electron chi connectivity index (χ2n) is 5.39. The summed E-state index contributed by atoms with van der Waals surface area (Å²) in [4.78, 5) is 16.1. The molecular weight excluding hydrogens is 276 g/mol. The van der Waals surface area contributed by atoms with Crippen LogP contribution in [0.15, 0.2) is 35.0 Å². The molecule has 1 aromatic carbocycles. The van der Waals surface area contributed by atoms with Crippen LogP contribution in [0.4, 0.5) is 4.79 Å². The van der Waals surface area contributed by atoms with E-state index in [1.54, 1.807) is 6.21 Å². The van der Waals surface area contributed by atoms with Crippen molar-refractivity contribution in [2.45, 2.75) is 47.0 Å². The predicted octanol–water partition coefficient (Wildman–Crippen LogP) is 4.59. The highest BCUT2D eigenvalue weighted by Gasteiger charge is 2.08. The van der Waals surface area contributed by atoms with Gasteiger partial charge in [-0.2, -0.15) is 0 Å². The molecule has 0 aromatic heterocycles. The summed E-state index contributed by atoms with van der Waals surface area (Å²) >= 11 is 0. The van der Waals surface area contributed by atoms with Crippen molar-refractivity contribution in [3.63, 3.8) is 0 Å². The molecule has 0 atom stereocenters. The molecule has 0 spiro atoms. The summed E-state index contributed by atoms with van der Waals surface area (Å²) in [5.74, 6) is 1.00. The zero-order valence-corrected chi connectivity index (χ0v) is 14.1. The Labute approximate surface area is 133 Å². The Morgan fingerprint density at radius 1 is 1.41 bits per heavy atom. The Morgan fingerprint density at radius 2 is 2.14 bits per heavy atom. The fraction of sp³-hybridized carbons (Fsp3) is 0.444. The van der Waals surface area contributed by atoms with Crippen LogP contribution in [-0.2, 0) is 0 Å². The molecule has 0 aliphatic rings. The lowest BCUT2D eigenvalue weighted by Gasteiger charge is -2.11. The first kappa shape index (κ1) is 18.0. The number of rotatable bonds is 6. The maximum atomic E-state index is 11.9. The van der Waals surface area contributed by atoms with Gasteiger partial charge in [0, 0.05) is 18.5 Å². The average Bonchev–Trinajstić information content (AvgIpc) is 2.48. The highest BCUT2D eigenvalue weighted by atomic mass is 16.6. The van der Waals surface area contributed by atoms with Gasteiger partial charge < -0.3 is 10.1 Å². The third kappa shape index (κ3) is 5.72. The molecule has 0 unspecified atom stereocenters. The molecule has 0 saturated heterocycles. The average molecular weight is 302 g/mol. The third-order valence-electron chi connectivity index (χ3n) is 3.32. The number of aliphatic imine (C=N–C) groups is 1. The van der Waals surface area contributed by atoms with E-state index < -0.39 is 6.09 Å². The number of benzene rings is 1.